The number of carbonyl (C=O) groups is 1. The minimum atomic E-state index is -0.695. The maximum Gasteiger partial charge on any atom is 0.349 e. The van der Waals surface area contributed by atoms with E-state index < -0.39 is 11.5 Å². The topological polar surface area (TPSA) is 112 Å². The van der Waals surface area contributed by atoms with Crippen LogP contribution in [-0.2, 0) is 0 Å². The van der Waals surface area contributed by atoms with Crippen molar-refractivity contribution in [3.8, 4) is 17.4 Å². The molecule has 0 aliphatic heterocycles. The molecule has 3 heterocycles. The van der Waals surface area contributed by atoms with Crippen molar-refractivity contribution in [3.05, 3.63) is 99.4 Å². The van der Waals surface area contributed by atoms with Crippen LogP contribution in [0.1, 0.15) is 33.1 Å². The van der Waals surface area contributed by atoms with Gasteiger partial charge in [-0.3, -0.25) is 4.79 Å². The number of fused-ring (bicyclic) bond motifs is 1. The zero-order valence-corrected chi connectivity index (χ0v) is 20.2. The van der Waals surface area contributed by atoms with Crippen LogP contribution in [0.3, 0.4) is 0 Å². The first-order valence-electron chi connectivity index (χ1n) is 11.3. The quantitative estimate of drug-likeness (QED) is 0.350. The van der Waals surface area contributed by atoms with Crippen LogP contribution in [0.25, 0.3) is 16.8 Å². The van der Waals surface area contributed by atoms with Crippen molar-refractivity contribution < 1.29 is 13.9 Å². The van der Waals surface area contributed by atoms with Crippen molar-refractivity contribution >= 4 is 22.6 Å². The van der Waals surface area contributed by atoms with Crippen molar-refractivity contribution in [1.29, 1.82) is 0 Å². The third-order valence-corrected chi connectivity index (χ3v) is 5.89. The summed E-state index contributed by atoms with van der Waals surface area (Å²) in [5, 5.41) is 7.94. The van der Waals surface area contributed by atoms with E-state index >= 15 is 0 Å². The number of hydrogen-bond acceptors (Lipinski definition) is 7. The van der Waals surface area contributed by atoms with Gasteiger partial charge in [-0.25, -0.2) is 14.5 Å². The van der Waals surface area contributed by atoms with Crippen LogP contribution in [0.15, 0.2) is 69.9 Å². The summed E-state index contributed by atoms with van der Waals surface area (Å²) >= 11 is 0. The van der Waals surface area contributed by atoms with E-state index in [1.807, 2.05) is 26.8 Å². The molecule has 0 radical (unpaired) electrons. The Balaban J connectivity index is 1.33. The van der Waals surface area contributed by atoms with Gasteiger partial charge in [0.1, 0.15) is 22.7 Å². The molecule has 0 aliphatic carbocycles. The first kappa shape index (κ1) is 23.0. The number of anilines is 1. The molecule has 5 aromatic rings. The van der Waals surface area contributed by atoms with Crippen molar-refractivity contribution in [3.63, 3.8) is 0 Å². The molecular formula is C27H23N5O4. The normalized spacial score (nSPS) is 11.0. The number of amides is 1. The highest BCUT2D eigenvalue weighted by Crippen LogP contribution is 2.24. The average Bonchev–Trinajstić information content (AvgIpc) is 3.11. The van der Waals surface area contributed by atoms with Crippen molar-refractivity contribution in [2.75, 3.05) is 5.32 Å². The highest BCUT2D eigenvalue weighted by Gasteiger charge is 2.15. The fraction of sp³-hybridized carbons (Fsp3) is 0.148. The lowest BCUT2D eigenvalue weighted by atomic mass is 10.1. The fourth-order valence-corrected chi connectivity index (χ4v) is 3.78. The molecule has 9 nitrogen and oxygen atoms in total. The van der Waals surface area contributed by atoms with E-state index in [0.29, 0.717) is 39.9 Å². The van der Waals surface area contributed by atoms with Crippen molar-refractivity contribution in [2.45, 2.75) is 27.7 Å². The van der Waals surface area contributed by atoms with E-state index in [2.05, 4.69) is 20.4 Å². The summed E-state index contributed by atoms with van der Waals surface area (Å²) in [6.07, 6.45) is 0. The zero-order chi connectivity index (χ0) is 25.4. The predicted molar refractivity (Wildman–Crippen MR) is 135 cm³/mol. The largest absolute Gasteiger partial charge is 0.439 e. The minimum absolute atomic E-state index is 0.0718. The van der Waals surface area contributed by atoms with Crippen LogP contribution < -0.4 is 15.7 Å². The summed E-state index contributed by atoms with van der Waals surface area (Å²) in [7, 11) is 0. The Morgan fingerprint density at radius 2 is 1.72 bits per heavy atom. The van der Waals surface area contributed by atoms with Gasteiger partial charge in [-0.1, -0.05) is 18.2 Å². The van der Waals surface area contributed by atoms with Gasteiger partial charge in [-0.15, -0.1) is 0 Å². The number of hydrogen-bond donors (Lipinski definition) is 1. The van der Waals surface area contributed by atoms with Crippen LogP contribution >= 0.6 is 0 Å². The van der Waals surface area contributed by atoms with E-state index in [4.69, 9.17) is 9.15 Å². The lowest BCUT2D eigenvalue weighted by Crippen LogP contribution is -2.20. The Morgan fingerprint density at radius 1 is 0.972 bits per heavy atom. The number of nitrogens with zero attached hydrogens (tertiary/aromatic N) is 4. The fourth-order valence-electron chi connectivity index (χ4n) is 3.78. The summed E-state index contributed by atoms with van der Waals surface area (Å²) in [6.45, 7) is 7.75. The average molecular weight is 482 g/mol. The summed E-state index contributed by atoms with van der Waals surface area (Å²) in [5.74, 6) is 1.50. The molecule has 0 bridgehead atoms. The van der Waals surface area contributed by atoms with Crippen molar-refractivity contribution in [2.24, 2.45) is 0 Å². The predicted octanol–water partition coefficient (Wildman–Crippen LogP) is 5.05. The third kappa shape index (κ3) is 4.46. The maximum absolute atomic E-state index is 12.7. The second-order valence-corrected chi connectivity index (χ2v) is 8.39. The molecule has 1 N–H and O–H groups in total. The van der Waals surface area contributed by atoms with Crippen LogP contribution in [-0.4, -0.2) is 25.7 Å². The SMILES string of the molecule is Cc1nc(Oc2ccc(NC(=O)c3cc4ccccc4oc3=O)cc2)cc(-n2nc(C)c(C)c2C)n1. The molecule has 1 amide bonds. The second-order valence-electron chi connectivity index (χ2n) is 8.39. The summed E-state index contributed by atoms with van der Waals surface area (Å²) in [5.41, 5.74) is 3.20. The van der Waals surface area contributed by atoms with Crippen molar-refractivity contribution in [1.82, 2.24) is 19.7 Å². The molecule has 36 heavy (non-hydrogen) atoms. The van der Waals surface area contributed by atoms with Gasteiger partial charge < -0.3 is 14.5 Å². The van der Waals surface area contributed by atoms with Gasteiger partial charge in [0, 0.05) is 22.8 Å². The van der Waals surface area contributed by atoms with Gasteiger partial charge >= 0.3 is 5.63 Å². The molecule has 0 unspecified atom stereocenters. The Labute approximate surface area is 206 Å². The maximum atomic E-state index is 12.7. The number of rotatable bonds is 5. The number of aryl methyl sites for hydroxylation is 2. The molecule has 3 aromatic heterocycles. The highest BCUT2D eigenvalue weighted by atomic mass is 16.5. The van der Waals surface area contributed by atoms with Gasteiger partial charge in [0.25, 0.3) is 5.91 Å². The Hall–Kier alpha value is -4.79. The Morgan fingerprint density at radius 3 is 2.44 bits per heavy atom. The molecule has 2 aromatic carbocycles. The second kappa shape index (κ2) is 9.10. The van der Waals surface area contributed by atoms with Gasteiger partial charge in [-0.05, 0) is 69.7 Å². The summed E-state index contributed by atoms with van der Waals surface area (Å²) in [6, 6.07) is 17.0. The first-order chi connectivity index (χ1) is 17.3. The molecule has 0 saturated carbocycles. The monoisotopic (exact) mass is 481 g/mol. The van der Waals surface area contributed by atoms with E-state index in [0.717, 1.165) is 17.0 Å². The van der Waals surface area contributed by atoms with Crippen LogP contribution in [0.4, 0.5) is 5.69 Å². The molecule has 0 atom stereocenters. The number of para-hydroxylation sites is 1. The minimum Gasteiger partial charge on any atom is -0.439 e. The molecule has 0 aliphatic rings. The third-order valence-electron chi connectivity index (χ3n) is 5.89. The van der Waals surface area contributed by atoms with E-state index in [1.54, 1.807) is 60.1 Å². The molecule has 0 fully saturated rings. The number of ether oxygens (including phenoxy) is 1. The van der Waals surface area contributed by atoms with Crippen LogP contribution in [0.5, 0.6) is 11.6 Å². The van der Waals surface area contributed by atoms with Gasteiger partial charge in [0.05, 0.1) is 5.69 Å². The molecular weight excluding hydrogens is 458 g/mol. The number of carbonyl (C=O) groups excluding carboxylic acids is 1. The number of nitrogens with one attached hydrogen (secondary N) is 1. The molecule has 5 rings (SSSR count). The summed E-state index contributed by atoms with van der Waals surface area (Å²) < 4.78 is 13.0. The summed E-state index contributed by atoms with van der Waals surface area (Å²) in [4.78, 5) is 33.8. The standard InChI is InChI=1S/C27H23N5O4/c1-15-16(2)31-32(17(15)3)24-14-25(29-18(4)28-24)35-21-11-9-20(10-12-21)30-26(33)22-13-19-7-5-6-8-23(19)36-27(22)34/h5-14H,1-4H3,(H,30,33). The number of benzene rings is 2. The van der Waals surface area contributed by atoms with E-state index in [9.17, 15) is 9.59 Å². The molecule has 9 heteroatoms. The highest BCUT2D eigenvalue weighted by molar-refractivity contribution is 6.05. The van der Waals surface area contributed by atoms with E-state index in [-0.39, 0.29) is 5.56 Å². The van der Waals surface area contributed by atoms with E-state index in [1.165, 1.54) is 6.07 Å². The Bertz CT molecular complexity index is 1670. The molecule has 0 spiro atoms. The van der Waals surface area contributed by atoms with Crippen LogP contribution in [0.2, 0.25) is 0 Å². The lowest BCUT2D eigenvalue weighted by Gasteiger charge is -2.10. The lowest BCUT2D eigenvalue weighted by molar-refractivity contribution is 0.102. The molecule has 0 saturated heterocycles. The van der Waals surface area contributed by atoms with Gasteiger partial charge in [0.15, 0.2) is 5.82 Å². The first-order valence-corrected chi connectivity index (χ1v) is 11.3. The van der Waals surface area contributed by atoms with Gasteiger partial charge in [0.2, 0.25) is 5.88 Å². The number of aromatic nitrogens is 4. The smallest absolute Gasteiger partial charge is 0.349 e. The van der Waals surface area contributed by atoms with Gasteiger partial charge in [-0.2, -0.15) is 10.1 Å². The Kier molecular flexibility index (Phi) is 5.81. The van der Waals surface area contributed by atoms with Crippen LogP contribution in [0, 0.1) is 27.7 Å². The molecule has 180 valence electrons. The zero-order valence-electron chi connectivity index (χ0n) is 20.2.